The van der Waals surface area contributed by atoms with Crippen molar-refractivity contribution in [1.29, 1.82) is 0 Å². The molecule has 0 saturated heterocycles. The molecule has 0 fully saturated rings. The lowest BCUT2D eigenvalue weighted by Gasteiger charge is -2.23. The SMILES string of the molecule is COCCCN1C(=O)c2ccc(C(=O)O[C@H](C)C(=O)NC(C)(C)C)cc2C1=O. The van der Waals surface area contributed by atoms with Crippen LogP contribution in [-0.4, -0.2) is 60.5 Å². The van der Waals surface area contributed by atoms with Crippen LogP contribution in [0.25, 0.3) is 0 Å². The first-order chi connectivity index (χ1) is 13.0. The number of hydrogen-bond acceptors (Lipinski definition) is 6. The average molecular weight is 390 g/mol. The number of nitrogens with zero attached hydrogens (tertiary/aromatic N) is 1. The van der Waals surface area contributed by atoms with Gasteiger partial charge in [-0.05, 0) is 52.3 Å². The second-order valence-electron chi connectivity index (χ2n) is 7.66. The van der Waals surface area contributed by atoms with Crippen LogP contribution < -0.4 is 5.32 Å². The van der Waals surface area contributed by atoms with E-state index < -0.39 is 35.3 Å². The summed E-state index contributed by atoms with van der Waals surface area (Å²) in [5.74, 6) is -2.01. The van der Waals surface area contributed by atoms with Crippen LogP contribution >= 0.6 is 0 Å². The van der Waals surface area contributed by atoms with Crippen molar-refractivity contribution in [3.05, 3.63) is 34.9 Å². The predicted molar refractivity (Wildman–Crippen MR) is 101 cm³/mol. The lowest BCUT2D eigenvalue weighted by atomic mass is 10.1. The minimum Gasteiger partial charge on any atom is -0.449 e. The van der Waals surface area contributed by atoms with Crippen LogP contribution in [0.2, 0.25) is 0 Å². The number of fused-ring (bicyclic) bond motifs is 1. The highest BCUT2D eigenvalue weighted by Crippen LogP contribution is 2.24. The largest absolute Gasteiger partial charge is 0.449 e. The van der Waals surface area contributed by atoms with Crippen LogP contribution in [0, 0.1) is 0 Å². The fourth-order valence-electron chi connectivity index (χ4n) is 2.74. The van der Waals surface area contributed by atoms with Gasteiger partial charge in [-0.2, -0.15) is 0 Å². The molecule has 1 heterocycles. The van der Waals surface area contributed by atoms with Crippen LogP contribution in [0.3, 0.4) is 0 Å². The summed E-state index contributed by atoms with van der Waals surface area (Å²) in [7, 11) is 1.54. The third kappa shape index (κ3) is 4.95. The summed E-state index contributed by atoms with van der Waals surface area (Å²) in [5.41, 5.74) is 0.0555. The number of amides is 3. The average Bonchev–Trinajstić information content (AvgIpc) is 2.84. The second kappa shape index (κ2) is 8.52. The zero-order chi connectivity index (χ0) is 21.1. The number of ether oxygens (including phenoxy) is 2. The summed E-state index contributed by atoms with van der Waals surface area (Å²) in [6, 6.07) is 4.18. The number of hydrogen-bond donors (Lipinski definition) is 1. The molecule has 2 rings (SSSR count). The lowest BCUT2D eigenvalue weighted by molar-refractivity contribution is -0.130. The number of esters is 1. The highest BCUT2D eigenvalue weighted by molar-refractivity contribution is 6.22. The van der Waals surface area contributed by atoms with Crippen molar-refractivity contribution in [3.63, 3.8) is 0 Å². The molecule has 1 N–H and O–H groups in total. The smallest absolute Gasteiger partial charge is 0.338 e. The molecule has 0 spiro atoms. The summed E-state index contributed by atoms with van der Waals surface area (Å²) in [6.07, 6.45) is -0.472. The molecule has 28 heavy (non-hydrogen) atoms. The van der Waals surface area contributed by atoms with Gasteiger partial charge >= 0.3 is 5.97 Å². The van der Waals surface area contributed by atoms with Crippen molar-refractivity contribution in [3.8, 4) is 0 Å². The van der Waals surface area contributed by atoms with E-state index in [4.69, 9.17) is 9.47 Å². The minimum atomic E-state index is -0.997. The lowest BCUT2D eigenvalue weighted by Crippen LogP contribution is -2.46. The summed E-state index contributed by atoms with van der Waals surface area (Å²) < 4.78 is 10.1. The topological polar surface area (TPSA) is 102 Å². The first-order valence-electron chi connectivity index (χ1n) is 9.07. The fraction of sp³-hybridized carbons (Fsp3) is 0.500. The number of methoxy groups -OCH3 is 1. The van der Waals surface area contributed by atoms with Gasteiger partial charge in [0.1, 0.15) is 0 Å². The third-order valence-electron chi connectivity index (χ3n) is 4.09. The van der Waals surface area contributed by atoms with Crippen molar-refractivity contribution in [2.24, 2.45) is 0 Å². The summed E-state index contributed by atoms with van der Waals surface area (Å²) in [4.78, 5) is 50.5. The Bertz CT molecular complexity index is 796. The predicted octanol–water partition coefficient (Wildman–Crippen LogP) is 1.78. The molecule has 0 saturated carbocycles. The van der Waals surface area contributed by atoms with Gasteiger partial charge in [-0.3, -0.25) is 19.3 Å². The van der Waals surface area contributed by atoms with Gasteiger partial charge in [0.05, 0.1) is 16.7 Å². The number of carbonyl (C=O) groups excluding carboxylic acids is 4. The Labute approximate surface area is 164 Å². The fourth-order valence-corrected chi connectivity index (χ4v) is 2.74. The molecule has 0 aromatic heterocycles. The molecule has 0 radical (unpaired) electrons. The molecule has 0 aliphatic carbocycles. The van der Waals surface area contributed by atoms with Gasteiger partial charge in [-0.1, -0.05) is 0 Å². The Morgan fingerprint density at radius 2 is 1.79 bits per heavy atom. The van der Waals surface area contributed by atoms with Crippen molar-refractivity contribution in [1.82, 2.24) is 10.2 Å². The van der Waals surface area contributed by atoms with E-state index in [0.29, 0.717) is 13.0 Å². The highest BCUT2D eigenvalue weighted by Gasteiger charge is 2.36. The summed E-state index contributed by atoms with van der Waals surface area (Å²) >= 11 is 0. The van der Waals surface area contributed by atoms with Crippen LogP contribution in [0.15, 0.2) is 18.2 Å². The molecule has 0 unspecified atom stereocenters. The molecular weight excluding hydrogens is 364 g/mol. The molecule has 8 nitrogen and oxygen atoms in total. The second-order valence-corrected chi connectivity index (χ2v) is 7.66. The van der Waals surface area contributed by atoms with Crippen molar-refractivity contribution in [2.45, 2.75) is 45.8 Å². The normalized spacial score (nSPS) is 14.7. The number of rotatable bonds is 7. The van der Waals surface area contributed by atoms with E-state index >= 15 is 0 Å². The quantitative estimate of drug-likeness (QED) is 0.433. The van der Waals surface area contributed by atoms with Crippen LogP contribution in [0.1, 0.15) is 65.2 Å². The zero-order valence-corrected chi connectivity index (χ0v) is 16.8. The maximum Gasteiger partial charge on any atom is 0.338 e. The molecule has 1 aromatic carbocycles. The Morgan fingerprint density at radius 3 is 2.39 bits per heavy atom. The first-order valence-corrected chi connectivity index (χ1v) is 9.07. The van der Waals surface area contributed by atoms with E-state index in [1.54, 1.807) is 7.11 Å². The maximum absolute atomic E-state index is 12.5. The number of imide groups is 1. The van der Waals surface area contributed by atoms with Crippen LogP contribution in [0.5, 0.6) is 0 Å². The Balaban J connectivity index is 2.10. The van der Waals surface area contributed by atoms with Crippen LogP contribution in [-0.2, 0) is 14.3 Å². The summed E-state index contributed by atoms with van der Waals surface area (Å²) in [6.45, 7) is 7.60. The van der Waals surface area contributed by atoms with E-state index in [2.05, 4.69) is 5.32 Å². The van der Waals surface area contributed by atoms with Gasteiger partial charge < -0.3 is 14.8 Å². The maximum atomic E-state index is 12.5. The molecule has 1 aliphatic heterocycles. The number of carbonyl (C=O) groups is 4. The van der Waals surface area contributed by atoms with Gasteiger partial charge in [0.2, 0.25) is 0 Å². The zero-order valence-electron chi connectivity index (χ0n) is 16.8. The van der Waals surface area contributed by atoms with Crippen molar-refractivity contribution in [2.75, 3.05) is 20.3 Å². The monoisotopic (exact) mass is 390 g/mol. The molecule has 0 bridgehead atoms. The van der Waals surface area contributed by atoms with Crippen molar-refractivity contribution >= 4 is 23.7 Å². The highest BCUT2D eigenvalue weighted by atomic mass is 16.5. The van der Waals surface area contributed by atoms with E-state index in [1.807, 2.05) is 20.8 Å². The Hall–Kier alpha value is -2.74. The first kappa shape index (κ1) is 21.6. The minimum absolute atomic E-state index is 0.106. The number of benzene rings is 1. The van der Waals surface area contributed by atoms with E-state index in [9.17, 15) is 19.2 Å². The van der Waals surface area contributed by atoms with E-state index in [-0.39, 0.29) is 23.2 Å². The van der Waals surface area contributed by atoms with Crippen molar-refractivity contribution < 1.29 is 28.7 Å². The Kier molecular flexibility index (Phi) is 6.56. The molecule has 1 aromatic rings. The Morgan fingerprint density at radius 1 is 1.14 bits per heavy atom. The van der Waals surface area contributed by atoms with Gasteiger partial charge in [-0.15, -0.1) is 0 Å². The molecule has 152 valence electrons. The number of nitrogens with one attached hydrogen (secondary N) is 1. The van der Waals surface area contributed by atoms with Crippen LogP contribution in [0.4, 0.5) is 0 Å². The molecule has 1 atom stereocenters. The van der Waals surface area contributed by atoms with Gasteiger partial charge in [0.15, 0.2) is 6.10 Å². The van der Waals surface area contributed by atoms with Gasteiger partial charge in [0.25, 0.3) is 17.7 Å². The van der Waals surface area contributed by atoms with E-state index in [0.717, 1.165) is 4.90 Å². The third-order valence-corrected chi connectivity index (χ3v) is 4.09. The molecule has 8 heteroatoms. The van der Waals surface area contributed by atoms with E-state index in [1.165, 1.54) is 25.1 Å². The molecule has 3 amide bonds. The molecule has 1 aliphatic rings. The van der Waals surface area contributed by atoms with Gasteiger partial charge in [0, 0.05) is 25.8 Å². The standard InChI is InChI=1S/C20H26N2O6/c1-12(16(23)21-20(2,3)4)28-19(26)13-7-8-14-15(11-13)18(25)22(17(14)24)9-6-10-27-5/h7-8,11-12H,6,9-10H2,1-5H3,(H,21,23)/t12-/m1/s1. The van der Waals surface area contributed by atoms with Gasteiger partial charge in [-0.25, -0.2) is 4.79 Å². The summed E-state index contributed by atoms with van der Waals surface area (Å²) in [5, 5.41) is 2.73. The molecular formula is C20H26N2O6.